The van der Waals surface area contributed by atoms with Crippen molar-refractivity contribution >= 4 is 23.1 Å². The zero-order chi connectivity index (χ0) is 18.0. The summed E-state index contributed by atoms with van der Waals surface area (Å²) in [6, 6.07) is 3.84. The van der Waals surface area contributed by atoms with Gasteiger partial charge in [-0.3, -0.25) is 14.4 Å². The zero-order valence-electron chi connectivity index (χ0n) is 14.6. The molecule has 0 aromatic heterocycles. The molecule has 5 heteroatoms. The number of aryl methyl sites for hydroxylation is 2. The van der Waals surface area contributed by atoms with Crippen molar-refractivity contribution in [3.8, 4) is 5.75 Å². The van der Waals surface area contributed by atoms with Gasteiger partial charge in [-0.15, -0.1) is 0 Å². The lowest BCUT2D eigenvalue weighted by Crippen LogP contribution is -2.29. The first-order valence-electron chi connectivity index (χ1n) is 7.79. The smallest absolute Gasteiger partial charge is 0.316 e. The van der Waals surface area contributed by atoms with Gasteiger partial charge in [0, 0.05) is 23.5 Å². The van der Waals surface area contributed by atoms with Gasteiger partial charge in [-0.1, -0.05) is 12.1 Å². The summed E-state index contributed by atoms with van der Waals surface area (Å²) < 4.78 is 10.1. The van der Waals surface area contributed by atoms with Crippen LogP contribution in [0.3, 0.4) is 0 Å². The third-order valence-corrected chi connectivity index (χ3v) is 4.36. The number of methoxy groups -OCH3 is 2. The Morgan fingerprint density at radius 3 is 2.42 bits per heavy atom. The molecular weight excluding hydrogens is 308 g/mol. The molecule has 0 saturated carbocycles. The van der Waals surface area contributed by atoms with E-state index in [0.29, 0.717) is 11.3 Å². The number of carbonyl (C=O) groups excluding carboxylic acids is 3. The van der Waals surface area contributed by atoms with E-state index >= 15 is 0 Å². The zero-order valence-corrected chi connectivity index (χ0v) is 14.6. The van der Waals surface area contributed by atoms with E-state index in [1.807, 2.05) is 26.0 Å². The van der Waals surface area contributed by atoms with Crippen LogP contribution in [0.1, 0.15) is 30.0 Å². The van der Waals surface area contributed by atoms with Crippen LogP contribution in [-0.2, 0) is 19.1 Å². The number of ether oxygens (including phenoxy) is 2. The van der Waals surface area contributed by atoms with Gasteiger partial charge >= 0.3 is 5.97 Å². The first kappa shape index (κ1) is 17.9. The molecular formula is C19H22O5. The summed E-state index contributed by atoms with van der Waals surface area (Å²) in [4.78, 5) is 36.3. The Labute approximate surface area is 141 Å². The number of benzene rings is 1. The Morgan fingerprint density at radius 1 is 1.21 bits per heavy atom. The summed E-state index contributed by atoms with van der Waals surface area (Å²) in [5.41, 5.74) is 3.18. The standard InChI is InChI=1S/C19H22O5/c1-10-6-11(2)17(16(7-10)23-4)14-8-13(9-15(14)21)18(12(3)20)19(22)24-5/h6-8,13,18H,9H2,1-5H3. The Kier molecular flexibility index (Phi) is 5.22. The molecule has 0 saturated heterocycles. The van der Waals surface area contributed by atoms with E-state index in [1.54, 1.807) is 13.2 Å². The van der Waals surface area contributed by atoms with Crippen molar-refractivity contribution in [1.82, 2.24) is 0 Å². The maximum absolute atomic E-state index is 12.5. The van der Waals surface area contributed by atoms with E-state index in [1.165, 1.54) is 14.0 Å². The number of carbonyl (C=O) groups is 3. The molecule has 5 nitrogen and oxygen atoms in total. The molecule has 0 N–H and O–H groups in total. The Morgan fingerprint density at radius 2 is 1.88 bits per heavy atom. The molecule has 0 heterocycles. The van der Waals surface area contributed by atoms with Gasteiger partial charge in [0.1, 0.15) is 17.5 Å². The van der Waals surface area contributed by atoms with Crippen LogP contribution in [0.2, 0.25) is 0 Å². The van der Waals surface area contributed by atoms with Gasteiger partial charge in [-0.25, -0.2) is 0 Å². The number of hydrogen-bond acceptors (Lipinski definition) is 5. The minimum absolute atomic E-state index is 0.0968. The fraction of sp³-hybridized carbons (Fsp3) is 0.421. The third-order valence-electron chi connectivity index (χ3n) is 4.36. The average Bonchev–Trinajstić information content (AvgIpc) is 2.86. The van der Waals surface area contributed by atoms with Crippen molar-refractivity contribution in [2.75, 3.05) is 14.2 Å². The Balaban J connectivity index is 2.51. The molecule has 0 spiro atoms. The van der Waals surface area contributed by atoms with Crippen LogP contribution < -0.4 is 4.74 Å². The Bertz CT molecular complexity index is 730. The van der Waals surface area contributed by atoms with Crippen molar-refractivity contribution < 1.29 is 23.9 Å². The molecule has 24 heavy (non-hydrogen) atoms. The second-order valence-electron chi connectivity index (χ2n) is 6.14. The summed E-state index contributed by atoms with van der Waals surface area (Å²) in [6.45, 7) is 5.21. The van der Waals surface area contributed by atoms with Crippen LogP contribution in [-0.4, -0.2) is 31.8 Å². The highest BCUT2D eigenvalue weighted by Crippen LogP contribution is 2.39. The van der Waals surface area contributed by atoms with Crippen LogP contribution in [0.5, 0.6) is 5.75 Å². The lowest BCUT2D eigenvalue weighted by atomic mass is 9.88. The molecule has 0 radical (unpaired) electrons. The van der Waals surface area contributed by atoms with E-state index < -0.39 is 17.8 Å². The monoisotopic (exact) mass is 330 g/mol. The number of rotatable bonds is 5. The number of hydrogen-bond donors (Lipinski definition) is 0. The molecule has 1 aliphatic rings. The van der Waals surface area contributed by atoms with E-state index in [0.717, 1.165) is 16.7 Å². The molecule has 128 valence electrons. The van der Waals surface area contributed by atoms with Crippen LogP contribution in [0.25, 0.3) is 5.57 Å². The second kappa shape index (κ2) is 6.99. The maximum atomic E-state index is 12.5. The Hall–Kier alpha value is -2.43. The van der Waals surface area contributed by atoms with Crippen LogP contribution in [0, 0.1) is 25.7 Å². The number of allylic oxidation sites excluding steroid dienone is 2. The van der Waals surface area contributed by atoms with Gasteiger partial charge in [-0.05, 0) is 38.0 Å². The fourth-order valence-electron chi connectivity index (χ4n) is 3.33. The molecule has 0 fully saturated rings. The van der Waals surface area contributed by atoms with Gasteiger partial charge in [0.25, 0.3) is 0 Å². The van der Waals surface area contributed by atoms with Crippen molar-refractivity contribution in [1.29, 1.82) is 0 Å². The lowest BCUT2D eigenvalue weighted by Gasteiger charge is -2.15. The molecule has 1 aromatic carbocycles. The van der Waals surface area contributed by atoms with Crippen molar-refractivity contribution in [3.63, 3.8) is 0 Å². The van der Waals surface area contributed by atoms with Crippen molar-refractivity contribution in [2.24, 2.45) is 11.8 Å². The van der Waals surface area contributed by atoms with Gasteiger partial charge in [0.2, 0.25) is 0 Å². The number of ketones is 2. The van der Waals surface area contributed by atoms with Crippen molar-refractivity contribution in [2.45, 2.75) is 27.2 Å². The number of esters is 1. The third kappa shape index (κ3) is 3.25. The topological polar surface area (TPSA) is 69.7 Å². The van der Waals surface area contributed by atoms with Crippen LogP contribution >= 0.6 is 0 Å². The molecule has 0 amide bonds. The number of Topliss-reactive ketones (excluding diaryl/α,β-unsaturated/α-hetero) is 2. The summed E-state index contributed by atoms with van der Waals surface area (Å²) in [7, 11) is 2.80. The van der Waals surface area contributed by atoms with Crippen LogP contribution in [0.4, 0.5) is 0 Å². The SMILES string of the molecule is COC(=O)C(C(C)=O)C1C=C(c2c(C)cc(C)cc2OC)C(=O)C1. The molecule has 0 aliphatic heterocycles. The molecule has 0 bridgehead atoms. The first-order valence-corrected chi connectivity index (χ1v) is 7.79. The quantitative estimate of drug-likeness (QED) is 0.613. The predicted octanol–water partition coefficient (Wildman–Crippen LogP) is 2.66. The lowest BCUT2D eigenvalue weighted by molar-refractivity contribution is -0.150. The van der Waals surface area contributed by atoms with Gasteiger partial charge in [-0.2, -0.15) is 0 Å². The summed E-state index contributed by atoms with van der Waals surface area (Å²) in [5, 5.41) is 0. The largest absolute Gasteiger partial charge is 0.496 e. The fourth-order valence-corrected chi connectivity index (χ4v) is 3.33. The summed E-state index contributed by atoms with van der Waals surface area (Å²) in [5.74, 6) is -1.82. The van der Waals surface area contributed by atoms with Gasteiger partial charge in [0.05, 0.1) is 14.2 Å². The predicted molar refractivity (Wildman–Crippen MR) is 89.7 cm³/mol. The van der Waals surface area contributed by atoms with Gasteiger partial charge in [0.15, 0.2) is 5.78 Å². The highest BCUT2D eigenvalue weighted by Gasteiger charge is 2.39. The normalized spacial score (nSPS) is 18.1. The van der Waals surface area contributed by atoms with E-state index in [9.17, 15) is 14.4 Å². The van der Waals surface area contributed by atoms with E-state index in [-0.39, 0.29) is 18.0 Å². The van der Waals surface area contributed by atoms with Crippen LogP contribution in [0.15, 0.2) is 18.2 Å². The summed E-state index contributed by atoms with van der Waals surface area (Å²) >= 11 is 0. The first-order chi connectivity index (χ1) is 11.3. The minimum atomic E-state index is -0.951. The molecule has 1 aliphatic carbocycles. The van der Waals surface area contributed by atoms with Crippen molar-refractivity contribution in [3.05, 3.63) is 34.9 Å². The molecule has 2 unspecified atom stereocenters. The van der Waals surface area contributed by atoms with E-state index in [2.05, 4.69) is 0 Å². The molecule has 2 rings (SSSR count). The highest BCUT2D eigenvalue weighted by molar-refractivity contribution is 6.24. The van der Waals surface area contributed by atoms with Gasteiger partial charge < -0.3 is 9.47 Å². The molecule has 1 aromatic rings. The highest BCUT2D eigenvalue weighted by atomic mass is 16.5. The second-order valence-corrected chi connectivity index (χ2v) is 6.14. The molecule has 2 atom stereocenters. The minimum Gasteiger partial charge on any atom is -0.496 e. The van der Waals surface area contributed by atoms with E-state index in [4.69, 9.17) is 9.47 Å². The average molecular weight is 330 g/mol. The summed E-state index contributed by atoms with van der Waals surface area (Å²) in [6.07, 6.45) is 1.83. The maximum Gasteiger partial charge on any atom is 0.316 e.